The summed E-state index contributed by atoms with van der Waals surface area (Å²) in [6.07, 6.45) is -1.79. The van der Waals surface area contributed by atoms with Crippen LogP contribution in [0.5, 0.6) is 5.75 Å². The fraction of sp³-hybridized carbons (Fsp3) is 0.370. The highest BCUT2D eigenvalue weighted by Gasteiger charge is 2.50. The normalized spacial score (nSPS) is 19.9. The molecular weight excluding hydrogens is 512 g/mol. The van der Waals surface area contributed by atoms with E-state index in [9.17, 15) is 13.2 Å². The summed E-state index contributed by atoms with van der Waals surface area (Å²) in [5.74, 6) is -0.228. The molecule has 0 radical (unpaired) electrons. The van der Waals surface area contributed by atoms with E-state index in [2.05, 4.69) is 23.5 Å². The van der Waals surface area contributed by atoms with Gasteiger partial charge in [0.05, 0.1) is 5.69 Å². The fourth-order valence-corrected chi connectivity index (χ4v) is 5.90. The predicted octanol–water partition coefficient (Wildman–Crippen LogP) is 7.63. The molecule has 0 aliphatic carbocycles. The molecule has 2 aliphatic heterocycles. The second-order valence-electron chi connectivity index (χ2n) is 9.75. The monoisotopic (exact) mass is 536 g/mol. The molecule has 5 rings (SSSR count). The molecule has 2 aromatic carbocycles. The van der Waals surface area contributed by atoms with Gasteiger partial charge in [-0.2, -0.15) is 0 Å². The summed E-state index contributed by atoms with van der Waals surface area (Å²) in [4.78, 5) is 7.05. The Labute approximate surface area is 217 Å². The lowest BCUT2D eigenvalue weighted by atomic mass is 9.83. The van der Waals surface area contributed by atoms with E-state index in [1.165, 1.54) is 12.1 Å². The lowest BCUT2D eigenvalue weighted by Crippen LogP contribution is -2.50. The van der Waals surface area contributed by atoms with Gasteiger partial charge in [0.2, 0.25) is 0 Å². The molecule has 1 fully saturated rings. The number of benzene rings is 2. The molecule has 36 heavy (non-hydrogen) atoms. The van der Waals surface area contributed by atoms with Crippen molar-refractivity contribution < 1.29 is 22.6 Å². The number of alkyl halides is 3. The second kappa shape index (κ2) is 9.21. The number of ether oxygens (including phenoxy) is 2. The van der Waals surface area contributed by atoms with Gasteiger partial charge in [0, 0.05) is 40.4 Å². The van der Waals surface area contributed by atoms with Gasteiger partial charge in [-0.3, -0.25) is 9.88 Å². The number of pyridine rings is 1. The zero-order valence-corrected chi connectivity index (χ0v) is 21.3. The summed E-state index contributed by atoms with van der Waals surface area (Å²) < 4.78 is 48.4. The smallest absolute Gasteiger partial charge is 0.406 e. The van der Waals surface area contributed by atoms with Gasteiger partial charge in [-0.05, 0) is 74.2 Å². The summed E-state index contributed by atoms with van der Waals surface area (Å²) >= 11 is 12.6. The van der Waals surface area contributed by atoms with Gasteiger partial charge in [-0.1, -0.05) is 41.4 Å². The second-order valence-corrected chi connectivity index (χ2v) is 10.6. The number of piperidine rings is 1. The van der Waals surface area contributed by atoms with Crippen molar-refractivity contribution in [1.82, 2.24) is 9.88 Å². The van der Waals surface area contributed by atoms with E-state index in [4.69, 9.17) is 32.9 Å². The van der Waals surface area contributed by atoms with Crippen molar-refractivity contribution in [3.05, 3.63) is 93.2 Å². The molecule has 4 nitrogen and oxygen atoms in total. The number of hydrogen-bond acceptors (Lipinski definition) is 4. The van der Waals surface area contributed by atoms with Gasteiger partial charge >= 0.3 is 6.36 Å². The Bertz CT molecular complexity index is 1240. The van der Waals surface area contributed by atoms with E-state index >= 15 is 0 Å². The number of aromatic nitrogens is 1. The van der Waals surface area contributed by atoms with Crippen LogP contribution in [0.1, 0.15) is 55.2 Å². The molecule has 0 N–H and O–H groups in total. The first-order valence-electron chi connectivity index (χ1n) is 11.7. The number of halogens is 5. The molecule has 0 amide bonds. The minimum atomic E-state index is -4.71. The van der Waals surface area contributed by atoms with E-state index in [-0.39, 0.29) is 11.9 Å². The maximum atomic E-state index is 12.5. The summed E-state index contributed by atoms with van der Waals surface area (Å²) in [5.41, 5.74) is 2.82. The number of hydrogen-bond donors (Lipinski definition) is 0. The molecule has 1 aromatic heterocycles. The van der Waals surface area contributed by atoms with Crippen LogP contribution in [0.15, 0.2) is 60.8 Å². The molecule has 9 heteroatoms. The lowest BCUT2D eigenvalue weighted by molar-refractivity contribution is -0.274. The van der Waals surface area contributed by atoms with Crippen molar-refractivity contribution >= 4 is 23.2 Å². The minimum absolute atomic E-state index is 0.228. The Morgan fingerprint density at radius 3 is 2.25 bits per heavy atom. The molecule has 3 aromatic rings. The summed E-state index contributed by atoms with van der Waals surface area (Å²) in [5, 5.41) is 1.10. The van der Waals surface area contributed by atoms with Crippen LogP contribution < -0.4 is 4.74 Å². The third-order valence-electron chi connectivity index (χ3n) is 7.24. The van der Waals surface area contributed by atoms with Crippen LogP contribution in [0.2, 0.25) is 10.0 Å². The molecule has 1 unspecified atom stereocenters. The van der Waals surface area contributed by atoms with E-state index in [0.29, 0.717) is 10.0 Å². The predicted molar refractivity (Wildman–Crippen MR) is 132 cm³/mol. The molecule has 190 valence electrons. The van der Waals surface area contributed by atoms with Crippen molar-refractivity contribution in [2.45, 2.75) is 50.3 Å². The Kier molecular flexibility index (Phi) is 6.48. The zero-order chi connectivity index (χ0) is 25.7. The standard InChI is InChI=1S/C27H25Cl2F3N2O2/c1-25(2,18-5-7-21(8-6-18)35-27(30,31)32)34-12-9-26(10-13-34)24-22(4-3-11-33-24)23(36-26)17-14-19(28)16-20(29)15-17/h3-8,11,14-16,23H,9-10,12-13H2,1-2H3. The van der Waals surface area contributed by atoms with Gasteiger partial charge in [0.25, 0.3) is 0 Å². The SMILES string of the molecule is CC(C)(c1ccc(OC(F)(F)F)cc1)N1CCC2(CC1)OC(c1cc(Cl)cc(Cl)c1)c1cccnc12. The van der Waals surface area contributed by atoms with E-state index in [1.807, 2.05) is 24.3 Å². The maximum absolute atomic E-state index is 12.5. The van der Waals surface area contributed by atoms with Crippen molar-refractivity contribution in [3.63, 3.8) is 0 Å². The fourth-order valence-electron chi connectivity index (χ4n) is 5.36. The van der Waals surface area contributed by atoms with Gasteiger partial charge in [0.1, 0.15) is 17.5 Å². The van der Waals surface area contributed by atoms with Crippen molar-refractivity contribution in [2.75, 3.05) is 13.1 Å². The van der Waals surface area contributed by atoms with Crippen LogP contribution in [0, 0.1) is 0 Å². The van der Waals surface area contributed by atoms with Gasteiger partial charge in [0.15, 0.2) is 0 Å². The minimum Gasteiger partial charge on any atom is -0.406 e. The molecular formula is C27H25Cl2F3N2O2. The third kappa shape index (κ3) is 4.82. The molecule has 0 bridgehead atoms. The lowest BCUT2D eigenvalue weighted by Gasteiger charge is -2.46. The number of nitrogens with zero attached hydrogens (tertiary/aromatic N) is 2. The van der Waals surface area contributed by atoms with E-state index in [0.717, 1.165) is 48.3 Å². The Hall–Kier alpha value is -2.32. The first-order valence-corrected chi connectivity index (χ1v) is 12.4. The highest BCUT2D eigenvalue weighted by Crippen LogP contribution is 2.52. The quantitative estimate of drug-likeness (QED) is 0.343. The highest BCUT2D eigenvalue weighted by molar-refractivity contribution is 6.34. The molecule has 1 atom stereocenters. The number of fused-ring (bicyclic) bond motifs is 2. The maximum Gasteiger partial charge on any atom is 0.573 e. The average Bonchev–Trinajstić information content (AvgIpc) is 3.12. The van der Waals surface area contributed by atoms with Crippen molar-refractivity contribution in [2.24, 2.45) is 0 Å². The third-order valence-corrected chi connectivity index (χ3v) is 7.68. The number of likely N-dealkylation sites (tertiary alicyclic amines) is 1. The average molecular weight is 537 g/mol. The summed E-state index contributed by atoms with van der Waals surface area (Å²) in [7, 11) is 0. The largest absolute Gasteiger partial charge is 0.573 e. The molecule has 2 aliphatic rings. The van der Waals surface area contributed by atoms with E-state index < -0.39 is 17.5 Å². The molecule has 0 saturated carbocycles. The van der Waals surface area contributed by atoms with Gasteiger partial charge in [-0.25, -0.2) is 0 Å². The highest BCUT2D eigenvalue weighted by atomic mass is 35.5. The van der Waals surface area contributed by atoms with Crippen molar-refractivity contribution in [1.29, 1.82) is 0 Å². The molecule has 1 saturated heterocycles. The number of rotatable bonds is 4. The summed E-state index contributed by atoms with van der Waals surface area (Å²) in [6.45, 7) is 5.60. The van der Waals surface area contributed by atoms with Gasteiger partial charge < -0.3 is 9.47 Å². The Morgan fingerprint density at radius 1 is 1.00 bits per heavy atom. The van der Waals surface area contributed by atoms with Crippen LogP contribution in [-0.4, -0.2) is 29.3 Å². The first kappa shape index (κ1) is 25.3. The molecule has 1 spiro atoms. The summed E-state index contributed by atoms with van der Waals surface area (Å²) in [6, 6.07) is 15.5. The first-order chi connectivity index (χ1) is 17.0. The van der Waals surface area contributed by atoms with Crippen LogP contribution >= 0.6 is 23.2 Å². The van der Waals surface area contributed by atoms with Crippen LogP contribution in [0.4, 0.5) is 13.2 Å². The topological polar surface area (TPSA) is 34.6 Å². The Balaban J connectivity index is 1.36. The zero-order valence-electron chi connectivity index (χ0n) is 19.8. The van der Waals surface area contributed by atoms with Gasteiger partial charge in [-0.15, -0.1) is 13.2 Å². The van der Waals surface area contributed by atoms with Crippen molar-refractivity contribution in [3.8, 4) is 5.75 Å². The van der Waals surface area contributed by atoms with E-state index in [1.54, 1.807) is 24.4 Å². The molecule has 3 heterocycles. The Morgan fingerprint density at radius 2 is 1.64 bits per heavy atom. The van der Waals surface area contributed by atoms with Crippen LogP contribution in [-0.2, 0) is 15.9 Å². The van der Waals surface area contributed by atoms with Crippen LogP contribution in [0.3, 0.4) is 0 Å². The van der Waals surface area contributed by atoms with Crippen LogP contribution in [0.25, 0.3) is 0 Å².